The molecule has 1 unspecified atom stereocenters. The molecular formula is C15H18N2O2. The molecule has 0 saturated heterocycles. The Kier molecular flexibility index (Phi) is 4.02. The number of aromatic nitrogens is 1. The van der Waals surface area contributed by atoms with Crippen molar-refractivity contribution in [3.63, 3.8) is 0 Å². The number of hydrogen-bond donors (Lipinski definition) is 1. The van der Waals surface area contributed by atoms with Crippen LogP contribution in [0.5, 0.6) is 11.5 Å². The molecule has 1 heterocycles. The Morgan fingerprint density at radius 3 is 2.26 bits per heavy atom. The molecule has 1 aromatic carbocycles. The maximum atomic E-state index is 6.31. The molecule has 0 spiro atoms. The van der Waals surface area contributed by atoms with Crippen molar-refractivity contribution in [2.24, 2.45) is 5.73 Å². The fourth-order valence-electron chi connectivity index (χ4n) is 2.01. The summed E-state index contributed by atoms with van der Waals surface area (Å²) in [5.74, 6) is 1.46. The summed E-state index contributed by atoms with van der Waals surface area (Å²) in [4.78, 5) is 4.27. The lowest BCUT2D eigenvalue weighted by Crippen LogP contribution is -2.14. The number of pyridine rings is 1. The maximum Gasteiger partial charge on any atom is 0.122 e. The van der Waals surface area contributed by atoms with Crippen LogP contribution in [0.15, 0.2) is 36.5 Å². The highest BCUT2D eigenvalue weighted by Gasteiger charge is 2.14. The van der Waals surface area contributed by atoms with Crippen LogP contribution in [-0.4, -0.2) is 19.2 Å². The first-order valence-corrected chi connectivity index (χ1v) is 6.05. The monoisotopic (exact) mass is 258 g/mol. The molecule has 0 bridgehead atoms. The van der Waals surface area contributed by atoms with E-state index in [0.29, 0.717) is 0 Å². The van der Waals surface area contributed by atoms with Crippen molar-refractivity contribution in [2.75, 3.05) is 14.2 Å². The van der Waals surface area contributed by atoms with E-state index in [1.807, 2.05) is 37.3 Å². The molecule has 1 atom stereocenters. The van der Waals surface area contributed by atoms with Crippen LogP contribution in [0.25, 0.3) is 0 Å². The Hall–Kier alpha value is -2.07. The van der Waals surface area contributed by atoms with Gasteiger partial charge in [0, 0.05) is 18.0 Å². The standard InChI is InChI=1S/C15H18N2O2/c1-10-14(5-4-6-17-10)15(16)11-7-12(18-2)9-13(8-11)19-3/h4-9,15H,16H2,1-3H3. The predicted molar refractivity (Wildman–Crippen MR) is 74.6 cm³/mol. The third kappa shape index (κ3) is 2.85. The van der Waals surface area contributed by atoms with Gasteiger partial charge < -0.3 is 15.2 Å². The lowest BCUT2D eigenvalue weighted by Gasteiger charge is -2.16. The first-order valence-electron chi connectivity index (χ1n) is 6.05. The summed E-state index contributed by atoms with van der Waals surface area (Å²) in [6.07, 6.45) is 1.76. The Bertz CT molecular complexity index is 548. The highest BCUT2D eigenvalue weighted by molar-refractivity contribution is 5.43. The van der Waals surface area contributed by atoms with Gasteiger partial charge >= 0.3 is 0 Å². The van der Waals surface area contributed by atoms with Crippen molar-refractivity contribution >= 4 is 0 Å². The molecule has 0 amide bonds. The normalized spacial score (nSPS) is 12.0. The largest absolute Gasteiger partial charge is 0.497 e. The van der Waals surface area contributed by atoms with Crippen molar-refractivity contribution in [2.45, 2.75) is 13.0 Å². The molecule has 1 aromatic heterocycles. The van der Waals surface area contributed by atoms with Gasteiger partial charge in [-0.1, -0.05) is 6.07 Å². The molecule has 100 valence electrons. The van der Waals surface area contributed by atoms with Gasteiger partial charge in [-0.05, 0) is 36.2 Å². The Morgan fingerprint density at radius 1 is 1.11 bits per heavy atom. The Balaban J connectivity index is 2.43. The van der Waals surface area contributed by atoms with Crippen LogP contribution in [-0.2, 0) is 0 Å². The first-order chi connectivity index (χ1) is 9.15. The zero-order valence-corrected chi connectivity index (χ0v) is 11.4. The van der Waals surface area contributed by atoms with E-state index in [9.17, 15) is 0 Å². The van der Waals surface area contributed by atoms with Gasteiger partial charge in [-0.25, -0.2) is 0 Å². The van der Waals surface area contributed by atoms with E-state index >= 15 is 0 Å². The first kappa shape index (κ1) is 13.4. The van der Waals surface area contributed by atoms with E-state index in [2.05, 4.69) is 4.98 Å². The molecule has 0 fully saturated rings. The fraction of sp³-hybridized carbons (Fsp3) is 0.267. The molecule has 4 nitrogen and oxygen atoms in total. The van der Waals surface area contributed by atoms with Gasteiger partial charge in [0.05, 0.1) is 20.3 Å². The second-order valence-corrected chi connectivity index (χ2v) is 4.30. The molecule has 0 radical (unpaired) electrons. The summed E-state index contributed by atoms with van der Waals surface area (Å²) in [5, 5.41) is 0. The SMILES string of the molecule is COc1cc(OC)cc(C(N)c2cccnc2C)c1. The molecule has 4 heteroatoms. The average molecular weight is 258 g/mol. The van der Waals surface area contributed by atoms with Crippen LogP contribution in [0.2, 0.25) is 0 Å². The molecule has 2 N–H and O–H groups in total. The highest BCUT2D eigenvalue weighted by atomic mass is 16.5. The molecule has 0 saturated carbocycles. The molecule has 2 aromatic rings. The summed E-state index contributed by atoms with van der Waals surface area (Å²) >= 11 is 0. The number of methoxy groups -OCH3 is 2. The number of nitrogens with zero attached hydrogens (tertiary/aromatic N) is 1. The molecule has 2 rings (SSSR count). The topological polar surface area (TPSA) is 57.4 Å². The maximum absolute atomic E-state index is 6.31. The summed E-state index contributed by atoms with van der Waals surface area (Å²) < 4.78 is 10.5. The molecular weight excluding hydrogens is 240 g/mol. The van der Waals surface area contributed by atoms with Crippen LogP contribution in [0.3, 0.4) is 0 Å². The van der Waals surface area contributed by atoms with E-state index in [4.69, 9.17) is 15.2 Å². The van der Waals surface area contributed by atoms with Crippen LogP contribution in [0, 0.1) is 6.92 Å². The lowest BCUT2D eigenvalue weighted by molar-refractivity contribution is 0.393. The summed E-state index contributed by atoms with van der Waals surface area (Å²) in [5.41, 5.74) is 9.18. The number of hydrogen-bond acceptors (Lipinski definition) is 4. The van der Waals surface area contributed by atoms with E-state index in [-0.39, 0.29) is 6.04 Å². The van der Waals surface area contributed by atoms with Crippen molar-refractivity contribution in [1.29, 1.82) is 0 Å². The van der Waals surface area contributed by atoms with Gasteiger partial charge in [-0.2, -0.15) is 0 Å². The Morgan fingerprint density at radius 2 is 1.74 bits per heavy atom. The third-order valence-corrected chi connectivity index (χ3v) is 3.12. The Labute approximate surface area is 113 Å². The van der Waals surface area contributed by atoms with Crippen molar-refractivity contribution < 1.29 is 9.47 Å². The zero-order valence-electron chi connectivity index (χ0n) is 11.4. The van der Waals surface area contributed by atoms with Gasteiger partial charge in [-0.15, -0.1) is 0 Å². The summed E-state index contributed by atoms with van der Waals surface area (Å²) in [6, 6.07) is 9.28. The number of nitrogens with two attached hydrogens (primary N) is 1. The lowest BCUT2D eigenvalue weighted by atomic mass is 9.98. The van der Waals surface area contributed by atoms with Crippen LogP contribution < -0.4 is 15.2 Å². The van der Waals surface area contributed by atoms with Gasteiger partial charge in [0.15, 0.2) is 0 Å². The van der Waals surface area contributed by atoms with Crippen LogP contribution in [0.4, 0.5) is 0 Å². The van der Waals surface area contributed by atoms with E-state index in [1.165, 1.54) is 0 Å². The highest BCUT2D eigenvalue weighted by Crippen LogP contribution is 2.29. The number of aryl methyl sites for hydroxylation is 1. The van der Waals surface area contributed by atoms with E-state index < -0.39 is 0 Å². The van der Waals surface area contributed by atoms with Crippen molar-refractivity contribution in [3.05, 3.63) is 53.3 Å². The van der Waals surface area contributed by atoms with Crippen molar-refractivity contribution in [1.82, 2.24) is 4.98 Å². The van der Waals surface area contributed by atoms with Crippen LogP contribution >= 0.6 is 0 Å². The minimum Gasteiger partial charge on any atom is -0.497 e. The summed E-state index contributed by atoms with van der Waals surface area (Å²) in [7, 11) is 3.25. The van der Waals surface area contributed by atoms with Gasteiger partial charge in [0.25, 0.3) is 0 Å². The predicted octanol–water partition coefficient (Wildman–Crippen LogP) is 2.46. The number of benzene rings is 1. The quantitative estimate of drug-likeness (QED) is 0.915. The minimum atomic E-state index is -0.252. The molecule has 0 aliphatic carbocycles. The minimum absolute atomic E-state index is 0.252. The number of ether oxygens (including phenoxy) is 2. The van der Waals surface area contributed by atoms with E-state index in [0.717, 1.165) is 28.3 Å². The summed E-state index contributed by atoms with van der Waals surface area (Å²) in [6.45, 7) is 1.95. The second kappa shape index (κ2) is 5.71. The zero-order chi connectivity index (χ0) is 13.8. The van der Waals surface area contributed by atoms with E-state index in [1.54, 1.807) is 20.4 Å². The average Bonchev–Trinajstić information content (AvgIpc) is 2.46. The fourth-order valence-corrected chi connectivity index (χ4v) is 2.01. The van der Waals surface area contributed by atoms with Gasteiger partial charge in [-0.3, -0.25) is 4.98 Å². The number of rotatable bonds is 4. The third-order valence-electron chi connectivity index (χ3n) is 3.12. The smallest absolute Gasteiger partial charge is 0.122 e. The van der Waals surface area contributed by atoms with Gasteiger partial charge in [0.1, 0.15) is 11.5 Å². The van der Waals surface area contributed by atoms with Gasteiger partial charge in [0.2, 0.25) is 0 Å². The molecule has 0 aliphatic heterocycles. The molecule has 0 aliphatic rings. The van der Waals surface area contributed by atoms with Crippen LogP contribution in [0.1, 0.15) is 22.9 Å². The second-order valence-electron chi connectivity index (χ2n) is 4.30. The van der Waals surface area contributed by atoms with Crippen molar-refractivity contribution in [3.8, 4) is 11.5 Å². The molecule has 19 heavy (non-hydrogen) atoms.